The summed E-state index contributed by atoms with van der Waals surface area (Å²) in [6.45, 7) is 1.92. The summed E-state index contributed by atoms with van der Waals surface area (Å²) in [6, 6.07) is 9.96. The average Bonchev–Trinajstić information content (AvgIpc) is 2.19. The summed E-state index contributed by atoms with van der Waals surface area (Å²) in [5, 5.41) is 6.86. The number of benzene rings is 1. The highest BCUT2D eigenvalue weighted by molar-refractivity contribution is 5.91. The van der Waals surface area contributed by atoms with Crippen molar-refractivity contribution in [3.05, 3.63) is 35.9 Å². The number of hydrogen-bond donors (Lipinski definition) is 1. The van der Waals surface area contributed by atoms with E-state index in [4.69, 9.17) is 5.41 Å². The van der Waals surface area contributed by atoms with Crippen LogP contribution in [-0.2, 0) is 11.2 Å². The quantitative estimate of drug-likeness (QED) is 0.710. The van der Waals surface area contributed by atoms with Crippen LogP contribution in [0.4, 0.5) is 0 Å². The van der Waals surface area contributed by atoms with Gasteiger partial charge in [0.15, 0.2) is 0 Å². The molecule has 0 fully saturated rings. The van der Waals surface area contributed by atoms with Crippen molar-refractivity contribution in [2.24, 2.45) is 5.92 Å². The Kier molecular flexibility index (Phi) is 4.05. The topological polar surface area (TPSA) is 40.9 Å². The maximum Gasteiger partial charge on any atom is 0.141 e. The first-order chi connectivity index (χ1) is 6.74. The van der Waals surface area contributed by atoms with E-state index in [2.05, 4.69) is 0 Å². The monoisotopic (exact) mass is 189 g/mol. The zero-order valence-electron chi connectivity index (χ0n) is 8.36. The molecule has 0 aromatic heterocycles. The van der Waals surface area contributed by atoms with Crippen LogP contribution >= 0.6 is 0 Å². The van der Waals surface area contributed by atoms with Crippen molar-refractivity contribution in [1.29, 1.82) is 5.41 Å². The molecule has 74 valence electrons. The molecule has 2 heteroatoms. The second-order valence-electron chi connectivity index (χ2n) is 3.47. The minimum Gasteiger partial charge on any atom is -0.313 e. The molecule has 0 spiro atoms. The van der Waals surface area contributed by atoms with E-state index in [1.807, 2.05) is 37.3 Å². The van der Waals surface area contributed by atoms with Crippen molar-refractivity contribution in [3.8, 4) is 0 Å². The molecule has 0 bridgehead atoms. The summed E-state index contributed by atoms with van der Waals surface area (Å²) in [7, 11) is 0. The lowest BCUT2D eigenvalue weighted by atomic mass is 9.96. The number of rotatable bonds is 5. The van der Waals surface area contributed by atoms with E-state index in [0.717, 1.165) is 6.42 Å². The van der Waals surface area contributed by atoms with Gasteiger partial charge < -0.3 is 5.41 Å². The maximum atomic E-state index is 11.4. The Morgan fingerprint density at radius 1 is 1.43 bits per heavy atom. The van der Waals surface area contributed by atoms with Crippen molar-refractivity contribution < 1.29 is 4.79 Å². The highest BCUT2D eigenvalue weighted by Gasteiger charge is 2.11. The number of Topliss-reactive ketones (excluding diaryl/α,β-unsaturated/α-hetero) is 1. The Bertz CT molecular complexity index is 305. The third-order valence-corrected chi connectivity index (χ3v) is 2.24. The van der Waals surface area contributed by atoms with E-state index in [1.54, 1.807) is 0 Å². The van der Waals surface area contributed by atoms with E-state index in [0.29, 0.717) is 0 Å². The third-order valence-electron chi connectivity index (χ3n) is 2.24. The molecule has 0 aliphatic rings. The molecular formula is C12H15NO. The van der Waals surface area contributed by atoms with Crippen molar-refractivity contribution in [2.45, 2.75) is 19.8 Å². The molecule has 0 unspecified atom stereocenters. The molecule has 0 aliphatic heterocycles. The van der Waals surface area contributed by atoms with Crippen LogP contribution in [0, 0.1) is 11.3 Å². The summed E-state index contributed by atoms with van der Waals surface area (Å²) in [4.78, 5) is 11.4. The predicted molar refractivity (Wildman–Crippen MR) is 57.7 cm³/mol. The molecule has 0 heterocycles. The minimum absolute atomic E-state index is 0.0130. The summed E-state index contributed by atoms with van der Waals surface area (Å²) < 4.78 is 0. The van der Waals surface area contributed by atoms with Gasteiger partial charge >= 0.3 is 0 Å². The molecular weight excluding hydrogens is 174 g/mol. The highest BCUT2D eigenvalue weighted by Crippen LogP contribution is 2.09. The smallest absolute Gasteiger partial charge is 0.141 e. The number of hydrogen-bond acceptors (Lipinski definition) is 2. The van der Waals surface area contributed by atoms with Gasteiger partial charge in [-0.05, 0) is 12.0 Å². The Hall–Kier alpha value is -1.44. The number of carbonyl (C=O) groups is 1. The molecule has 0 amide bonds. The van der Waals surface area contributed by atoms with Crippen LogP contribution in [0.25, 0.3) is 0 Å². The molecule has 1 atom stereocenters. The molecule has 1 N–H and O–H groups in total. The summed E-state index contributed by atoms with van der Waals surface area (Å²) >= 11 is 0. The van der Waals surface area contributed by atoms with Gasteiger partial charge in [0, 0.05) is 18.6 Å². The Morgan fingerprint density at radius 2 is 2.07 bits per heavy atom. The molecule has 2 nitrogen and oxygen atoms in total. The molecule has 0 saturated carbocycles. The van der Waals surface area contributed by atoms with E-state index in [9.17, 15) is 4.79 Å². The molecule has 0 aliphatic carbocycles. The number of ketones is 1. The average molecular weight is 189 g/mol. The number of carbonyl (C=O) groups excluding carboxylic acids is 1. The normalized spacial score (nSPS) is 12.1. The van der Waals surface area contributed by atoms with E-state index in [-0.39, 0.29) is 18.1 Å². The summed E-state index contributed by atoms with van der Waals surface area (Å²) in [5.74, 6) is 0.155. The van der Waals surface area contributed by atoms with Crippen LogP contribution in [0.5, 0.6) is 0 Å². The van der Waals surface area contributed by atoms with Gasteiger partial charge in [-0.25, -0.2) is 0 Å². The first-order valence-corrected chi connectivity index (χ1v) is 4.79. The molecule has 1 rings (SSSR count). The third kappa shape index (κ3) is 3.13. The second kappa shape index (κ2) is 5.32. The van der Waals surface area contributed by atoms with Gasteiger partial charge in [0.2, 0.25) is 0 Å². The second-order valence-corrected chi connectivity index (χ2v) is 3.47. The fraction of sp³-hybridized carbons (Fsp3) is 0.333. The molecule has 14 heavy (non-hydrogen) atoms. The molecule has 1 aromatic rings. The van der Waals surface area contributed by atoms with Crippen LogP contribution < -0.4 is 0 Å². The van der Waals surface area contributed by atoms with Crippen LogP contribution in [-0.4, -0.2) is 12.0 Å². The van der Waals surface area contributed by atoms with Crippen molar-refractivity contribution in [2.75, 3.05) is 0 Å². The van der Waals surface area contributed by atoms with Crippen molar-refractivity contribution in [3.63, 3.8) is 0 Å². The Labute approximate surface area is 84.5 Å². The molecule has 0 radical (unpaired) electrons. The Balaban J connectivity index is 2.52. The van der Waals surface area contributed by atoms with Crippen molar-refractivity contribution >= 4 is 12.0 Å². The molecule has 1 aromatic carbocycles. The van der Waals surface area contributed by atoms with E-state index >= 15 is 0 Å². The maximum absolute atomic E-state index is 11.4. The van der Waals surface area contributed by atoms with Gasteiger partial charge in [-0.2, -0.15) is 0 Å². The minimum atomic E-state index is 0.0130. The van der Waals surface area contributed by atoms with Gasteiger partial charge in [-0.1, -0.05) is 37.3 Å². The standard InChI is InChI=1S/C12H15NO/c1-10(12(14)7-8-13)9-11-5-3-2-4-6-11/h2-6,8,10,13H,7,9H2,1H3/t10-/m0/s1. The van der Waals surface area contributed by atoms with Gasteiger partial charge in [-0.3, -0.25) is 4.79 Å². The Morgan fingerprint density at radius 3 is 2.64 bits per heavy atom. The lowest BCUT2D eigenvalue weighted by molar-refractivity contribution is -0.121. The van der Waals surface area contributed by atoms with Crippen LogP contribution in [0.15, 0.2) is 30.3 Å². The fourth-order valence-electron chi connectivity index (χ4n) is 1.38. The van der Waals surface area contributed by atoms with Crippen molar-refractivity contribution in [1.82, 2.24) is 0 Å². The SMILES string of the molecule is C[C@@H](Cc1ccccc1)C(=O)CC=N. The first-order valence-electron chi connectivity index (χ1n) is 4.79. The van der Waals surface area contributed by atoms with Crippen LogP contribution in [0.3, 0.4) is 0 Å². The lowest BCUT2D eigenvalue weighted by Crippen LogP contribution is -2.13. The van der Waals surface area contributed by atoms with Gasteiger partial charge in [0.05, 0.1) is 0 Å². The summed E-state index contributed by atoms with van der Waals surface area (Å²) in [6.07, 6.45) is 2.20. The first kappa shape index (κ1) is 10.6. The van der Waals surface area contributed by atoms with Gasteiger partial charge in [0.1, 0.15) is 5.78 Å². The zero-order valence-corrected chi connectivity index (χ0v) is 8.36. The largest absolute Gasteiger partial charge is 0.313 e. The predicted octanol–water partition coefficient (Wildman–Crippen LogP) is 2.47. The fourth-order valence-corrected chi connectivity index (χ4v) is 1.38. The highest BCUT2D eigenvalue weighted by atomic mass is 16.1. The van der Waals surface area contributed by atoms with Crippen LogP contribution in [0.1, 0.15) is 18.9 Å². The lowest BCUT2D eigenvalue weighted by Gasteiger charge is -2.08. The van der Waals surface area contributed by atoms with Gasteiger partial charge in [0.25, 0.3) is 0 Å². The van der Waals surface area contributed by atoms with Gasteiger partial charge in [-0.15, -0.1) is 0 Å². The van der Waals surface area contributed by atoms with E-state index < -0.39 is 0 Å². The number of nitrogens with one attached hydrogen (secondary N) is 1. The summed E-state index contributed by atoms with van der Waals surface area (Å²) in [5.41, 5.74) is 1.18. The van der Waals surface area contributed by atoms with Crippen LogP contribution in [0.2, 0.25) is 0 Å². The zero-order chi connectivity index (χ0) is 10.4. The van der Waals surface area contributed by atoms with E-state index in [1.165, 1.54) is 11.8 Å². The molecule has 0 saturated heterocycles.